The number of imidazole rings is 1. The van der Waals surface area contributed by atoms with E-state index in [1.165, 1.54) is 0 Å². The number of rotatable bonds is 2. The van der Waals surface area contributed by atoms with Crippen LogP contribution in [0.5, 0.6) is 0 Å². The maximum atomic E-state index is 12.7. The Kier molecular flexibility index (Phi) is 4.34. The Labute approximate surface area is 155 Å². The van der Waals surface area contributed by atoms with Gasteiger partial charge in [-0.3, -0.25) is 9.59 Å². The SMILES string of the molecule is O=C(c1ccc(Cl)cc1)N1CCN(C(=O)c2ccc3nc[nH]c3c2)CC1. The molecule has 0 aliphatic carbocycles. The molecule has 1 fully saturated rings. The quantitative estimate of drug-likeness (QED) is 0.756. The van der Waals surface area contributed by atoms with Gasteiger partial charge in [0, 0.05) is 42.3 Å². The van der Waals surface area contributed by atoms with Gasteiger partial charge in [-0.05, 0) is 42.5 Å². The monoisotopic (exact) mass is 368 g/mol. The van der Waals surface area contributed by atoms with Crippen molar-refractivity contribution in [3.8, 4) is 0 Å². The van der Waals surface area contributed by atoms with E-state index in [1.807, 2.05) is 12.1 Å². The Balaban J connectivity index is 1.41. The molecular formula is C19H17ClN4O2. The number of aromatic amines is 1. The zero-order valence-electron chi connectivity index (χ0n) is 14.0. The summed E-state index contributed by atoms with van der Waals surface area (Å²) < 4.78 is 0. The van der Waals surface area contributed by atoms with Gasteiger partial charge in [0.2, 0.25) is 0 Å². The van der Waals surface area contributed by atoms with E-state index in [0.29, 0.717) is 42.3 Å². The Morgan fingerprint density at radius 1 is 0.885 bits per heavy atom. The molecule has 1 aliphatic heterocycles. The maximum absolute atomic E-state index is 12.7. The number of halogens is 1. The molecule has 0 radical (unpaired) electrons. The van der Waals surface area contributed by atoms with Crippen LogP contribution < -0.4 is 0 Å². The summed E-state index contributed by atoms with van der Waals surface area (Å²) in [4.78, 5) is 36.0. The summed E-state index contributed by atoms with van der Waals surface area (Å²) in [5.74, 6) is -0.0623. The first kappa shape index (κ1) is 16.6. The number of nitrogens with zero attached hydrogens (tertiary/aromatic N) is 3. The summed E-state index contributed by atoms with van der Waals surface area (Å²) in [6, 6.07) is 12.3. The fourth-order valence-corrected chi connectivity index (χ4v) is 3.26. The molecule has 2 heterocycles. The molecule has 0 spiro atoms. The van der Waals surface area contributed by atoms with Crippen LogP contribution in [0.1, 0.15) is 20.7 Å². The smallest absolute Gasteiger partial charge is 0.254 e. The van der Waals surface area contributed by atoms with Gasteiger partial charge in [-0.2, -0.15) is 0 Å². The van der Waals surface area contributed by atoms with Crippen molar-refractivity contribution >= 4 is 34.4 Å². The molecule has 1 N–H and O–H groups in total. The van der Waals surface area contributed by atoms with E-state index in [9.17, 15) is 9.59 Å². The maximum Gasteiger partial charge on any atom is 0.254 e. The predicted octanol–water partition coefficient (Wildman–Crippen LogP) is 2.81. The Morgan fingerprint density at radius 2 is 1.46 bits per heavy atom. The second kappa shape index (κ2) is 6.80. The molecule has 1 aromatic heterocycles. The van der Waals surface area contributed by atoms with E-state index in [4.69, 9.17) is 11.6 Å². The molecule has 0 unspecified atom stereocenters. The number of piperazine rings is 1. The van der Waals surface area contributed by atoms with E-state index in [-0.39, 0.29) is 11.8 Å². The van der Waals surface area contributed by atoms with Crippen LogP contribution in [0.15, 0.2) is 48.8 Å². The standard InChI is InChI=1S/C19H17ClN4O2/c20-15-4-1-13(2-5-15)18(25)23-7-9-24(10-8-23)19(26)14-3-6-16-17(11-14)22-12-21-16/h1-6,11-12H,7-10H2,(H,21,22). The van der Waals surface area contributed by atoms with Gasteiger partial charge in [0.25, 0.3) is 11.8 Å². The van der Waals surface area contributed by atoms with Gasteiger partial charge >= 0.3 is 0 Å². The number of carbonyl (C=O) groups is 2. The number of H-pyrrole nitrogens is 1. The minimum absolute atomic E-state index is 0.0277. The number of hydrogen-bond donors (Lipinski definition) is 1. The van der Waals surface area contributed by atoms with E-state index < -0.39 is 0 Å². The molecule has 0 saturated carbocycles. The second-order valence-corrected chi connectivity index (χ2v) is 6.66. The Bertz CT molecular complexity index is 959. The lowest BCUT2D eigenvalue weighted by atomic mass is 10.1. The van der Waals surface area contributed by atoms with Crippen molar-refractivity contribution in [1.29, 1.82) is 0 Å². The van der Waals surface area contributed by atoms with Gasteiger partial charge in [0.15, 0.2) is 0 Å². The number of aromatic nitrogens is 2. The number of nitrogens with one attached hydrogen (secondary N) is 1. The van der Waals surface area contributed by atoms with Crippen molar-refractivity contribution in [3.63, 3.8) is 0 Å². The first-order valence-electron chi connectivity index (χ1n) is 8.39. The first-order valence-corrected chi connectivity index (χ1v) is 8.77. The van der Waals surface area contributed by atoms with Gasteiger partial charge < -0.3 is 14.8 Å². The first-order chi connectivity index (χ1) is 12.6. The Hall–Kier alpha value is -2.86. The average molecular weight is 369 g/mol. The Morgan fingerprint density at radius 3 is 2.12 bits per heavy atom. The van der Waals surface area contributed by atoms with Crippen molar-refractivity contribution in [3.05, 3.63) is 64.9 Å². The normalized spacial score (nSPS) is 14.7. The average Bonchev–Trinajstić information content (AvgIpc) is 3.15. The van der Waals surface area contributed by atoms with Crippen LogP contribution >= 0.6 is 11.6 Å². The van der Waals surface area contributed by atoms with Gasteiger partial charge in [0.05, 0.1) is 17.4 Å². The number of amides is 2. The highest BCUT2D eigenvalue weighted by atomic mass is 35.5. The van der Waals surface area contributed by atoms with Crippen molar-refractivity contribution in [2.75, 3.05) is 26.2 Å². The zero-order valence-corrected chi connectivity index (χ0v) is 14.7. The summed E-state index contributed by atoms with van der Waals surface area (Å²) >= 11 is 5.87. The molecule has 132 valence electrons. The lowest BCUT2D eigenvalue weighted by molar-refractivity contribution is 0.0535. The van der Waals surface area contributed by atoms with Gasteiger partial charge in [-0.15, -0.1) is 0 Å². The summed E-state index contributed by atoms with van der Waals surface area (Å²) in [5.41, 5.74) is 2.91. The van der Waals surface area contributed by atoms with Gasteiger partial charge in [-0.1, -0.05) is 11.6 Å². The molecule has 1 saturated heterocycles. The fraction of sp³-hybridized carbons (Fsp3) is 0.211. The van der Waals surface area contributed by atoms with Crippen LogP contribution in [-0.2, 0) is 0 Å². The molecular weight excluding hydrogens is 352 g/mol. The molecule has 3 aromatic rings. The lowest BCUT2D eigenvalue weighted by Gasteiger charge is -2.34. The second-order valence-electron chi connectivity index (χ2n) is 6.23. The van der Waals surface area contributed by atoms with Crippen LogP contribution in [0.2, 0.25) is 5.02 Å². The number of fused-ring (bicyclic) bond motifs is 1. The molecule has 1 aliphatic rings. The van der Waals surface area contributed by atoms with Gasteiger partial charge in [0.1, 0.15) is 0 Å². The molecule has 0 atom stereocenters. The largest absolute Gasteiger partial charge is 0.345 e. The predicted molar refractivity (Wildman–Crippen MR) is 99.4 cm³/mol. The van der Waals surface area contributed by atoms with Crippen LogP contribution in [0.3, 0.4) is 0 Å². The van der Waals surface area contributed by atoms with Crippen LogP contribution in [-0.4, -0.2) is 57.8 Å². The number of hydrogen-bond acceptors (Lipinski definition) is 3. The molecule has 7 heteroatoms. The summed E-state index contributed by atoms with van der Waals surface area (Å²) in [5, 5.41) is 0.603. The third-order valence-electron chi connectivity index (χ3n) is 4.61. The summed E-state index contributed by atoms with van der Waals surface area (Å²) in [6.45, 7) is 2.05. The van der Waals surface area contributed by atoms with E-state index in [1.54, 1.807) is 46.5 Å². The molecule has 0 bridgehead atoms. The van der Waals surface area contributed by atoms with Crippen LogP contribution in [0.4, 0.5) is 0 Å². The highest BCUT2D eigenvalue weighted by molar-refractivity contribution is 6.30. The number of carbonyl (C=O) groups excluding carboxylic acids is 2. The highest BCUT2D eigenvalue weighted by Gasteiger charge is 2.25. The van der Waals surface area contributed by atoms with Crippen molar-refractivity contribution in [2.45, 2.75) is 0 Å². The lowest BCUT2D eigenvalue weighted by Crippen LogP contribution is -2.50. The van der Waals surface area contributed by atoms with E-state index in [2.05, 4.69) is 9.97 Å². The highest BCUT2D eigenvalue weighted by Crippen LogP contribution is 2.16. The zero-order chi connectivity index (χ0) is 18.1. The third kappa shape index (κ3) is 3.15. The topological polar surface area (TPSA) is 69.3 Å². The summed E-state index contributed by atoms with van der Waals surface area (Å²) in [7, 11) is 0. The minimum Gasteiger partial charge on any atom is -0.345 e. The van der Waals surface area contributed by atoms with Crippen LogP contribution in [0, 0.1) is 0 Å². The third-order valence-corrected chi connectivity index (χ3v) is 4.86. The van der Waals surface area contributed by atoms with Crippen molar-refractivity contribution in [2.24, 2.45) is 0 Å². The van der Waals surface area contributed by atoms with Crippen molar-refractivity contribution < 1.29 is 9.59 Å². The van der Waals surface area contributed by atoms with Crippen LogP contribution in [0.25, 0.3) is 11.0 Å². The minimum atomic E-state index is -0.0346. The van der Waals surface area contributed by atoms with Gasteiger partial charge in [-0.25, -0.2) is 4.98 Å². The molecule has 2 amide bonds. The molecule has 2 aromatic carbocycles. The number of benzene rings is 2. The van der Waals surface area contributed by atoms with Crippen molar-refractivity contribution in [1.82, 2.24) is 19.8 Å². The molecule has 6 nitrogen and oxygen atoms in total. The van der Waals surface area contributed by atoms with E-state index >= 15 is 0 Å². The molecule has 4 rings (SSSR count). The molecule has 26 heavy (non-hydrogen) atoms. The fourth-order valence-electron chi connectivity index (χ4n) is 3.14. The van der Waals surface area contributed by atoms with E-state index in [0.717, 1.165) is 11.0 Å². The summed E-state index contributed by atoms with van der Waals surface area (Å²) in [6.07, 6.45) is 1.61.